The van der Waals surface area contributed by atoms with Crippen molar-refractivity contribution in [3.8, 4) is 0 Å². The summed E-state index contributed by atoms with van der Waals surface area (Å²) in [4.78, 5) is 0. The van der Waals surface area contributed by atoms with Gasteiger partial charge in [0, 0.05) is 6.04 Å². The van der Waals surface area contributed by atoms with Crippen LogP contribution in [0.2, 0.25) is 0 Å². The van der Waals surface area contributed by atoms with Crippen molar-refractivity contribution >= 4 is 0 Å². The molecule has 2 nitrogen and oxygen atoms in total. The number of hydrogen-bond acceptors (Lipinski definition) is 2. The van der Waals surface area contributed by atoms with E-state index in [1.807, 2.05) is 0 Å². The molecule has 1 heterocycles. The molecule has 1 rings (SSSR count). The normalized spacial score (nSPS) is 26.0. The van der Waals surface area contributed by atoms with E-state index in [-0.39, 0.29) is 6.10 Å². The number of rotatable bonds is 5. The van der Waals surface area contributed by atoms with Crippen LogP contribution in [0, 0.1) is 0 Å². The first-order chi connectivity index (χ1) is 5.83. The third kappa shape index (κ3) is 3.55. The SMILES string of the molecule is CCCCC(O)CC1CCCN1. The Labute approximate surface area is 75.4 Å². The molecular formula is C10H21NO. The van der Waals surface area contributed by atoms with Crippen molar-refractivity contribution in [2.75, 3.05) is 6.54 Å². The molecule has 0 aromatic rings. The molecule has 72 valence electrons. The van der Waals surface area contributed by atoms with Crippen LogP contribution in [0.25, 0.3) is 0 Å². The van der Waals surface area contributed by atoms with Crippen LogP contribution >= 0.6 is 0 Å². The van der Waals surface area contributed by atoms with Gasteiger partial charge >= 0.3 is 0 Å². The van der Waals surface area contributed by atoms with Gasteiger partial charge in [-0.05, 0) is 32.2 Å². The lowest BCUT2D eigenvalue weighted by Crippen LogP contribution is -2.26. The van der Waals surface area contributed by atoms with E-state index in [9.17, 15) is 5.11 Å². The summed E-state index contributed by atoms with van der Waals surface area (Å²) in [7, 11) is 0. The van der Waals surface area contributed by atoms with Gasteiger partial charge in [0.25, 0.3) is 0 Å². The number of aliphatic hydroxyl groups excluding tert-OH is 1. The van der Waals surface area contributed by atoms with E-state index in [4.69, 9.17) is 0 Å². The summed E-state index contributed by atoms with van der Waals surface area (Å²) in [5.74, 6) is 0. The van der Waals surface area contributed by atoms with Gasteiger partial charge in [-0.25, -0.2) is 0 Å². The molecule has 2 atom stereocenters. The maximum absolute atomic E-state index is 9.60. The van der Waals surface area contributed by atoms with Gasteiger partial charge in [-0.15, -0.1) is 0 Å². The van der Waals surface area contributed by atoms with Gasteiger partial charge in [0.2, 0.25) is 0 Å². The highest BCUT2D eigenvalue weighted by atomic mass is 16.3. The van der Waals surface area contributed by atoms with E-state index in [0.29, 0.717) is 6.04 Å². The lowest BCUT2D eigenvalue weighted by Gasteiger charge is -2.15. The molecule has 1 aliphatic rings. The first-order valence-electron chi connectivity index (χ1n) is 5.24. The predicted molar refractivity (Wildman–Crippen MR) is 51.2 cm³/mol. The molecule has 0 aromatic heterocycles. The van der Waals surface area contributed by atoms with E-state index in [2.05, 4.69) is 12.2 Å². The third-order valence-electron chi connectivity index (χ3n) is 2.61. The van der Waals surface area contributed by atoms with Crippen LogP contribution in [-0.2, 0) is 0 Å². The summed E-state index contributed by atoms with van der Waals surface area (Å²) in [5, 5.41) is 13.0. The van der Waals surface area contributed by atoms with Crippen LogP contribution in [0.4, 0.5) is 0 Å². The van der Waals surface area contributed by atoms with E-state index in [1.54, 1.807) is 0 Å². The first kappa shape index (κ1) is 10.0. The summed E-state index contributed by atoms with van der Waals surface area (Å²) < 4.78 is 0. The van der Waals surface area contributed by atoms with E-state index in [1.165, 1.54) is 19.3 Å². The van der Waals surface area contributed by atoms with Crippen LogP contribution in [0.3, 0.4) is 0 Å². The van der Waals surface area contributed by atoms with Gasteiger partial charge in [0.15, 0.2) is 0 Å². The van der Waals surface area contributed by atoms with Crippen molar-refractivity contribution in [3.63, 3.8) is 0 Å². The average Bonchev–Trinajstić information content (AvgIpc) is 2.53. The van der Waals surface area contributed by atoms with Crippen LogP contribution in [-0.4, -0.2) is 23.8 Å². The number of hydrogen-bond donors (Lipinski definition) is 2. The summed E-state index contributed by atoms with van der Waals surface area (Å²) in [5.41, 5.74) is 0. The number of unbranched alkanes of at least 4 members (excludes halogenated alkanes) is 1. The summed E-state index contributed by atoms with van der Waals surface area (Å²) in [6.07, 6.45) is 6.76. The van der Waals surface area contributed by atoms with Gasteiger partial charge in [0.1, 0.15) is 0 Å². The van der Waals surface area contributed by atoms with Crippen molar-refractivity contribution < 1.29 is 5.11 Å². The minimum Gasteiger partial charge on any atom is -0.393 e. The number of aliphatic hydroxyl groups is 1. The zero-order valence-electron chi connectivity index (χ0n) is 8.05. The highest BCUT2D eigenvalue weighted by Crippen LogP contribution is 2.13. The predicted octanol–water partition coefficient (Wildman–Crippen LogP) is 1.68. The Kier molecular flexibility index (Phi) is 4.62. The smallest absolute Gasteiger partial charge is 0.0555 e. The fourth-order valence-electron chi connectivity index (χ4n) is 1.84. The van der Waals surface area contributed by atoms with Crippen molar-refractivity contribution in [2.45, 2.75) is 57.6 Å². The largest absolute Gasteiger partial charge is 0.393 e. The zero-order chi connectivity index (χ0) is 8.81. The standard InChI is InChI=1S/C10H21NO/c1-2-3-6-10(12)8-9-5-4-7-11-9/h9-12H,2-8H2,1H3. The molecule has 1 aliphatic heterocycles. The lowest BCUT2D eigenvalue weighted by molar-refractivity contribution is 0.140. The maximum atomic E-state index is 9.60. The Morgan fingerprint density at radius 2 is 2.42 bits per heavy atom. The number of nitrogens with one attached hydrogen (secondary N) is 1. The van der Waals surface area contributed by atoms with Gasteiger partial charge in [-0.2, -0.15) is 0 Å². The van der Waals surface area contributed by atoms with E-state index < -0.39 is 0 Å². The van der Waals surface area contributed by atoms with Crippen LogP contribution in [0.5, 0.6) is 0 Å². The van der Waals surface area contributed by atoms with Gasteiger partial charge in [-0.1, -0.05) is 19.8 Å². The Balaban J connectivity index is 2.03. The molecule has 2 unspecified atom stereocenters. The zero-order valence-corrected chi connectivity index (χ0v) is 8.05. The molecule has 0 aromatic carbocycles. The molecule has 2 N–H and O–H groups in total. The van der Waals surface area contributed by atoms with Crippen LogP contribution < -0.4 is 5.32 Å². The molecule has 0 saturated carbocycles. The second-order valence-corrected chi connectivity index (χ2v) is 3.83. The molecule has 2 heteroatoms. The maximum Gasteiger partial charge on any atom is 0.0555 e. The monoisotopic (exact) mass is 171 g/mol. The Hall–Kier alpha value is -0.0800. The third-order valence-corrected chi connectivity index (χ3v) is 2.61. The van der Waals surface area contributed by atoms with Crippen molar-refractivity contribution in [3.05, 3.63) is 0 Å². The second-order valence-electron chi connectivity index (χ2n) is 3.83. The molecule has 0 radical (unpaired) electrons. The Morgan fingerprint density at radius 3 is 3.00 bits per heavy atom. The molecule has 0 amide bonds. The fourth-order valence-corrected chi connectivity index (χ4v) is 1.84. The summed E-state index contributed by atoms with van der Waals surface area (Å²) in [6.45, 7) is 3.31. The summed E-state index contributed by atoms with van der Waals surface area (Å²) in [6, 6.07) is 0.594. The van der Waals surface area contributed by atoms with Crippen molar-refractivity contribution in [2.24, 2.45) is 0 Å². The van der Waals surface area contributed by atoms with Gasteiger partial charge < -0.3 is 10.4 Å². The van der Waals surface area contributed by atoms with Crippen LogP contribution in [0.1, 0.15) is 45.4 Å². The molecule has 1 saturated heterocycles. The highest BCUT2D eigenvalue weighted by Gasteiger charge is 2.17. The molecule has 12 heavy (non-hydrogen) atoms. The molecular weight excluding hydrogens is 150 g/mol. The topological polar surface area (TPSA) is 32.3 Å². The first-order valence-corrected chi connectivity index (χ1v) is 5.24. The van der Waals surface area contributed by atoms with E-state index >= 15 is 0 Å². The summed E-state index contributed by atoms with van der Waals surface area (Å²) >= 11 is 0. The molecule has 1 fully saturated rings. The van der Waals surface area contributed by atoms with Gasteiger partial charge in [0.05, 0.1) is 6.10 Å². The highest BCUT2D eigenvalue weighted by molar-refractivity contribution is 4.76. The quantitative estimate of drug-likeness (QED) is 0.659. The molecule has 0 aliphatic carbocycles. The Bertz CT molecular complexity index is 110. The lowest BCUT2D eigenvalue weighted by atomic mass is 10.0. The van der Waals surface area contributed by atoms with Gasteiger partial charge in [-0.3, -0.25) is 0 Å². The van der Waals surface area contributed by atoms with Crippen LogP contribution in [0.15, 0.2) is 0 Å². The minimum absolute atomic E-state index is 0.0689. The van der Waals surface area contributed by atoms with Crippen molar-refractivity contribution in [1.29, 1.82) is 0 Å². The Morgan fingerprint density at radius 1 is 1.58 bits per heavy atom. The van der Waals surface area contributed by atoms with E-state index in [0.717, 1.165) is 25.8 Å². The average molecular weight is 171 g/mol. The van der Waals surface area contributed by atoms with Crippen molar-refractivity contribution in [1.82, 2.24) is 5.32 Å². The fraction of sp³-hybridized carbons (Fsp3) is 1.00. The molecule has 0 spiro atoms. The second kappa shape index (κ2) is 5.55. The minimum atomic E-state index is -0.0689. The molecule has 0 bridgehead atoms.